The predicted octanol–water partition coefficient (Wildman–Crippen LogP) is 2.64. The smallest absolute Gasteiger partial charge is 0.254 e. The molecule has 1 aliphatic carbocycles. The fourth-order valence-electron chi connectivity index (χ4n) is 3.89. The Bertz CT molecular complexity index is 964. The van der Waals surface area contributed by atoms with Crippen molar-refractivity contribution in [2.75, 3.05) is 37.4 Å². The molecule has 1 saturated heterocycles. The van der Waals surface area contributed by atoms with Gasteiger partial charge in [-0.05, 0) is 48.2 Å². The quantitative estimate of drug-likeness (QED) is 0.815. The Morgan fingerprint density at radius 2 is 1.59 bits per heavy atom. The minimum atomic E-state index is -1.13. The standard InChI is InChI=1S/C22H23N3O3S/c26-20(24-9-11-25(12-10-24)21(27)22(28)7-8-22)16-3-1-15(2-4-16)17-5-6-19-18(13-17)23-14-29-19/h1-6,13,23,28H,7-12,14H2. The number of fused-ring (bicyclic) bond motifs is 1. The number of thioether (sulfide) groups is 1. The van der Waals surface area contributed by atoms with Crippen LogP contribution in [0.2, 0.25) is 0 Å². The second kappa shape index (κ2) is 7.07. The van der Waals surface area contributed by atoms with Crippen LogP contribution < -0.4 is 5.32 Å². The summed E-state index contributed by atoms with van der Waals surface area (Å²) in [5.41, 5.74) is 2.90. The number of hydrogen-bond acceptors (Lipinski definition) is 5. The van der Waals surface area contributed by atoms with E-state index in [1.54, 1.807) is 21.6 Å². The molecule has 29 heavy (non-hydrogen) atoms. The first-order valence-electron chi connectivity index (χ1n) is 9.96. The number of rotatable bonds is 3. The van der Waals surface area contributed by atoms with E-state index < -0.39 is 5.60 Å². The van der Waals surface area contributed by atoms with Crippen LogP contribution in [0.5, 0.6) is 0 Å². The van der Waals surface area contributed by atoms with E-state index >= 15 is 0 Å². The third-order valence-corrected chi connectivity index (χ3v) is 6.87. The molecule has 5 rings (SSSR count). The van der Waals surface area contributed by atoms with Gasteiger partial charge in [0, 0.05) is 42.3 Å². The summed E-state index contributed by atoms with van der Waals surface area (Å²) >= 11 is 1.80. The van der Waals surface area contributed by atoms with Crippen LogP contribution in [0.4, 0.5) is 5.69 Å². The van der Waals surface area contributed by atoms with Crippen molar-refractivity contribution in [2.24, 2.45) is 0 Å². The molecule has 2 amide bonds. The van der Waals surface area contributed by atoms with Gasteiger partial charge in [0.1, 0.15) is 5.60 Å². The summed E-state index contributed by atoms with van der Waals surface area (Å²) < 4.78 is 0. The number of anilines is 1. The monoisotopic (exact) mass is 409 g/mol. The molecular formula is C22H23N3O3S. The van der Waals surface area contributed by atoms with Gasteiger partial charge in [-0.15, -0.1) is 11.8 Å². The van der Waals surface area contributed by atoms with Crippen LogP contribution >= 0.6 is 11.8 Å². The van der Waals surface area contributed by atoms with Gasteiger partial charge in [-0.2, -0.15) is 0 Å². The van der Waals surface area contributed by atoms with Crippen molar-refractivity contribution >= 4 is 29.3 Å². The minimum absolute atomic E-state index is 0.0131. The second-order valence-corrected chi connectivity index (χ2v) is 8.89. The van der Waals surface area contributed by atoms with Crippen LogP contribution in [0.3, 0.4) is 0 Å². The number of nitrogens with one attached hydrogen (secondary N) is 1. The molecular weight excluding hydrogens is 386 g/mol. The van der Waals surface area contributed by atoms with E-state index in [4.69, 9.17) is 0 Å². The number of amides is 2. The van der Waals surface area contributed by atoms with E-state index in [1.807, 2.05) is 24.3 Å². The largest absolute Gasteiger partial charge is 0.380 e. The van der Waals surface area contributed by atoms with E-state index in [0.29, 0.717) is 44.6 Å². The fraction of sp³-hybridized carbons (Fsp3) is 0.364. The molecule has 2 aliphatic heterocycles. The Labute approximate surface area is 173 Å². The second-order valence-electron chi connectivity index (χ2n) is 7.87. The molecule has 3 aliphatic rings. The van der Waals surface area contributed by atoms with Crippen LogP contribution in [-0.2, 0) is 4.79 Å². The zero-order valence-electron chi connectivity index (χ0n) is 16.1. The highest BCUT2D eigenvalue weighted by Crippen LogP contribution is 2.37. The average Bonchev–Trinajstić information content (AvgIpc) is 3.34. The number of carbonyl (C=O) groups excluding carboxylic acids is 2. The van der Waals surface area contributed by atoms with Crippen molar-refractivity contribution in [1.82, 2.24) is 9.80 Å². The average molecular weight is 410 g/mol. The molecule has 2 heterocycles. The molecule has 150 valence electrons. The maximum Gasteiger partial charge on any atom is 0.254 e. The molecule has 0 bridgehead atoms. The highest BCUT2D eigenvalue weighted by molar-refractivity contribution is 7.99. The highest BCUT2D eigenvalue weighted by atomic mass is 32.2. The lowest BCUT2D eigenvalue weighted by Crippen LogP contribution is -2.53. The predicted molar refractivity (Wildman–Crippen MR) is 113 cm³/mol. The van der Waals surface area contributed by atoms with Gasteiger partial charge in [0.25, 0.3) is 11.8 Å². The molecule has 2 fully saturated rings. The van der Waals surface area contributed by atoms with E-state index in [1.165, 1.54) is 4.90 Å². The number of piperazine rings is 1. The van der Waals surface area contributed by atoms with Gasteiger partial charge in [0.2, 0.25) is 0 Å². The van der Waals surface area contributed by atoms with Gasteiger partial charge >= 0.3 is 0 Å². The van der Waals surface area contributed by atoms with Gasteiger partial charge in [0.15, 0.2) is 0 Å². The lowest BCUT2D eigenvalue weighted by atomic mass is 10.0. The van der Waals surface area contributed by atoms with E-state index in [0.717, 1.165) is 22.7 Å². The molecule has 0 atom stereocenters. The summed E-state index contributed by atoms with van der Waals surface area (Å²) in [6.45, 7) is 1.95. The topological polar surface area (TPSA) is 72.9 Å². The van der Waals surface area contributed by atoms with E-state index in [2.05, 4.69) is 23.5 Å². The highest BCUT2D eigenvalue weighted by Gasteiger charge is 2.50. The molecule has 2 aromatic carbocycles. The summed E-state index contributed by atoms with van der Waals surface area (Å²) in [5, 5.41) is 13.4. The SMILES string of the molecule is O=C(c1ccc(-c2ccc3c(c2)NCS3)cc1)N1CCN(C(=O)C2(O)CC2)CC1. The normalized spacial score (nSPS) is 19.5. The molecule has 6 nitrogen and oxygen atoms in total. The Hall–Kier alpha value is -2.51. The van der Waals surface area contributed by atoms with Crippen molar-refractivity contribution in [3.8, 4) is 11.1 Å². The van der Waals surface area contributed by atoms with Gasteiger partial charge < -0.3 is 20.2 Å². The Balaban J connectivity index is 1.23. The Morgan fingerprint density at radius 3 is 2.28 bits per heavy atom. The van der Waals surface area contributed by atoms with Crippen LogP contribution in [0.15, 0.2) is 47.4 Å². The van der Waals surface area contributed by atoms with E-state index in [-0.39, 0.29) is 11.8 Å². The molecule has 2 N–H and O–H groups in total. The Morgan fingerprint density at radius 1 is 0.931 bits per heavy atom. The number of nitrogens with zero attached hydrogens (tertiary/aromatic N) is 2. The fourth-order valence-corrected chi connectivity index (χ4v) is 4.73. The summed E-state index contributed by atoms with van der Waals surface area (Å²) in [7, 11) is 0. The van der Waals surface area contributed by atoms with Gasteiger partial charge in [-0.1, -0.05) is 18.2 Å². The van der Waals surface area contributed by atoms with Gasteiger partial charge in [0.05, 0.1) is 5.88 Å². The lowest BCUT2D eigenvalue weighted by Gasteiger charge is -2.35. The molecule has 0 unspecified atom stereocenters. The number of benzene rings is 2. The van der Waals surface area contributed by atoms with Crippen molar-refractivity contribution < 1.29 is 14.7 Å². The summed E-state index contributed by atoms with van der Waals surface area (Å²) in [4.78, 5) is 29.8. The summed E-state index contributed by atoms with van der Waals surface area (Å²) in [6, 6.07) is 14.1. The lowest BCUT2D eigenvalue weighted by molar-refractivity contribution is -0.143. The molecule has 0 spiro atoms. The van der Waals surface area contributed by atoms with Gasteiger partial charge in [-0.3, -0.25) is 9.59 Å². The first-order chi connectivity index (χ1) is 14.0. The Kier molecular flexibility index (Phi) is 4.52. The zero-order chi connectivity index (χ0) is 20.0. The molecule has 1 saturated carbocycles. The van der Waals surface area contributed by atoms with Crippen molar-refractivity contribution in [3.63, 3.8) is 0 Å². The minimum Gasteiger partial charge on any atom is -0.380 e. The molecule has 0 aromatic heterocycles. The van der Waals surface area contributed by atoms with E-state index in [9.17, 15) is 14.7 Å². The van der Waals surface area contributed by atoms with Gasteiger partial charge in [-0.25, -0.2) is 0 Å². The molecule has 7 heteroatoms. The van der Waals surface area contributed by atoms with Crippen molar-refractivity contribution in [2.45, 2.75) is 23.3 Å². The van der Waals surface area contributed by atoms with Crippen LogP contribution in [0.25, 0.3) is 11.1 Å². The van der Waals surface area contributed by atoms with Crippen molar-refractivity contribution in [3.05, 3.63) is 48.0 Å². The molecule has 2 aromatic rings. The third kappa shape index (κ3) is 3.49. The summed E-state index contributed by atoms with van der Waals surface area (Å²) in [6.07, 6.45) is 1.10. The first-order valence-corrected chi connectivity index (χ1v) is 10.9. The maximum atomic E-state index is 12.8. The first kappa shape index (κ1) is 18.5. The maximum absolute atomic E-state index is 12.8. The van der Waals surface area contributed by atoms with Crippen LogP contribution in [0, 0.1) is 0 Å². The number of hydrogen-bond donors (Lipinski definition) is 2. The summed E-state index contributed by atoms with van der Waals surface area (Å²) in [5.74, 6) is 0.710. The van der Waals surface area contributed by atoms with Crippen LogP contribution in [0.1, 0.15) is 23.2 Å². The van der Waals surface area contributed by atoms with Crippen molar-refractivity contribution in [1.29, 1.82) is 0 Å². The zero-order valence-corrected chi connectivity index (χ0v) is 16.9. The third-order valence-electron chi connectivity index (χ3n) is 5.91. The number of aliphatic hydroxyl groups is 1. The van der Waals surface area contributed by atoms with Crippen LogP contribution in [-0.4, -0.2) is 64.4 Å². The molecule has 0 radical (unpaired) electrons. The number of carbonyl (C=O) groups is 2.